The lowest BCUT2D eigenvalue weighted by Gasteiger charge is -2.06. The van der Waals surface area contributed by atoms with Gasteiger partial charge in [-0.25, -0.2) is 4.79 Å². The van der Waals surface area contributed by atoms with E-state index >= 15 is 0 Å². The van der Waals surface area contributed by atoms with Crippen molar-refractivity contribution in [3.63, 3.8) is 0 Å². The summed E-state index contributed by atoms with van der Waals surface area (Å²) in [6, 6.07) is 13.0. The van der Waals surface area contributed by atoms with Gasteiger partial charge >= 0.3 is 5.69 Å². The van der Waals surface area contributed by atoms with Crippen LogP contribution in [-0.4, -0.2) is 21.6 Å². The number of rotatable bonds is 4. The van der Waals surface area contributed by atoms with E-state index in [2.05, 4.69) is 31.2 Å². The minimum atomic E-state index is -0.261. The van der Waals surface area contributed by atoms with E-state index in [9.17, 15) is 9.59 Å². The monoisotopic (exact) mass is 377 g/mol. The minimum absolute atomic E-state index is 0.0991. The molecule has 7 heteroatoms. The maximum Gasteiger partial charge on any atom is 0.323 e. The average Bonchev–Trinajstić information content (AvgIpc) is 2.86. The molecule has 0 fully saturated rings. The summed E-state index contributed by atoms with van der Waals surface area (Å²) < 4.78 is 0.971. The fourth-order valence-electron chi connectivity index (χ4n) is 2.01. The third-order valence-corrected chi connectivity index (χ3v) is 5.02. The van der Waals surface area contributed by atoms with Crippen LogP contribution in [0.15, 0.2) is 56.6 Å². The van der Waals surface area contributed by atoms with Crippen LogP contribution in [0.4, 0.5) is 5.69 Å². The predicted octanol–water partition coefficient (Wildman–Crippen LogP) is 3.35. The number of benzene rings is 2. The zero-order valence-electron chi connectivity index (χ0n) is 11.4. The highest BCUT2D eigenvalue weighted by molar-refractivity contribution is 9.10. The van der Waals surface area contributed by atoms with Gasteiger partial charge in [0.25, 0.3) is 0 Å². The van der Waals surface area contributed by atoms with Crippen molar-refractivity contribution in [1.29, 1.82) is 0 Å². The predicted molar refractivity (Wildman–Crippen MR) is 92.4 cm³/mol. The number of hydrogen-bond donors (Lipinski definition) is 3. The molecule has 0 bridgehead atoms. The number of aromatic nitrogens is 2. The van der Waals surface area contributed by atoms with Gasteiger partial charge in [0, 0.05) is 15.1 Å². The van der Waals surface area contributed by atoms with Crippen LogP contribution in [0.1, 0.15) is 0 Å². The number of hydrogen-bond acceptors (Lipinski definition) is 3. The third-order valence-electron chi connectivity index (χ3n) is 3.00. The summed E-state index contributed by atoms with van der Waals surface area (Å²) >= 11 is 4.91. The molecule has 0 aliphatic rings. The molecule has 2 aromatic carbocycles. The Hall–Kier alpha value is -1.99. The largest absolute Gasteiger partial charge is 0.325 e. The van der Waals surface area contributed by atoms with Crippen molar-refractivity contribution >= 4 is 50.3 Å². The van der Waals surface area contributed by atoms with E-state index in [0.717, 1.165) is 9.37 Å². The lowest BCUT2D eigenvalue weighted by atomic mass is 10.3. The van der Waals surface area contributed by atoms with Gasteiger partial charge in [0.1, 0.15) is 0 Å². The molecule has 112 valence electrons. The molecule has 22 heavy (non-hydrogen) atoms. The number of aromatic amines is 2. The quantitative estimate of drug-likeness (QED) is 0.610. The van der Waals surface area contributed by atoms with Gasteiger partial charge in [-0.05, 0) is 46.3 Å². The second kappa shape index (κ2) is 6.41. The van der Waals surface area contributed by atoms with Crippen LogP contribution in [0.5, 0.6) is 0 Å². The maximum absolute atomic E-state index is 12.0. The number of fused-ring (bicyclic) bond motifs is 1. The van der Waals surface area contributed by atoms with Crippen molar-refractivity contribution in [3.05, 3.63) is 57.4 Å². The molecule has 0 unspecified atom stereocenters. The standard InChI is InChI=1S/C15H12BrN3O2S/c16-10-3-1-2-4-13(10)22-8-14(20)17-9-5-6-11-12(7-9)19-15(21)18-11/h1-7H,8H2,(H,17,20)(H2,18,19,21). The third kappa shape index (κ3) is 3.42. The maximum atomic E-state index is 12.0. The molecule has 1 amide bonds. The molecular formula is C15H12BrN3O2S. The van der Waals surface area contributed by atoms with Gasteiger partial charge in [0.2, 0.25) is 5.91 Å². The first-order chi connectivity index (χ1) is 10.6. The van der Waals surface area contributed by atoms with E-state index in [1.807, 2.05) is 24.3 Å². The van der Waals surface area contributed by atoms with Crippen molar-refractivity contribution in [2.45, 2.75) is 4.90 Å². The van der Waals surface area contributed by atoms with E-state index < -0.39 is 0 Å². The molecular weight excluding hydrogens is 366 g/mol. The van der Waals surface area contributed by atoms with Gasteiger partial charge in [-0.15, -0.1) is 11.8 Å². The number of carbonyl (C=O) groups excluding carboxylic acids is 1. The number of anilines is 1. The Labute approximate surface area is 138 Å². The van der Waals surface area contributed by atoms with Crippen molar-refractivity contribution in [2.75, 3.05) is 11.1 Å². The Balaban J connectivity index is 1.65. The molecule has 0 radical (unpaired) electrons. The van der Waals surface area contributed by atoms with Crippen molar-refractivity contribution in [2.24, 2.45) is 0 Å². The molecule has 0 aliphatic heterocycles. The zero-order valence-corrected chi connectivity index (χ0v) is 13.8. The first-order valence-electron chi connectivity index (χ1n) is 6.51. The van der Waals surface area contributed by atoms with Gasteiger partial charge < -0.3 is 15.3 Å². The van der Waals surface area contributed by atoms with Crippen LogP contribution in [0.25, 0.3) is 11.0 Å². The number of carbonyl (C=O) groups is 1. The fourth-order valence-corrected chi connectivity index (χ4v) is 3.38. The van der Waals surface area contributed by atoms with Gasteiger partial charge in [-0.3, -0.25) is 4.79 Å². The van der Waals surface area contributed by atoms with E-state index in [-0.39, 0.29) is 11.6 Å². The first kappa shape index (κ1) is 14.9. The summed E-state index contributed by atoms with van der Waals surface area (Å²) in [7, 11) is 0. The van der Waals surface area contributed by atoms with E-state index in [4.69, 9.17) is 0 Å². The number of imidazole rings is 1. The van der Waals surface area contributed by atoms with E-state index in [1.54, 1.807) is 18.2 Å². The van der Waals surface area contributed by atoms with Gasteiger partial charge in [0.15, 0.2) is 0 Å². The smallest absolute Gasteiger partial charge is 0.323 e. The molecule has 5 nitrogen and oxygen atoms in total. The number of H-pyrrole nitrogens is 2. The number of amides is 1. The molecule has 1 heterocycles. The second-order valence-electron chi connectivity index (χ2n) is 4.61. The van der Waals surface area contributed by atoms with Crippen LogP contribution < -0.4 is 11.0 Å². The number of thioether (sulfide) groups is 1. The fraction of sp³-hybridized carbons (Fsp3) is 0.0667. The summed E-state index contributed by atoms with van der Waals surface area (Å²) in [5, 5.41) is 2.82. The molecule has 3 rings (SSSR count). The van der Waals surface area contributed by atoms with Gasteiger partial charge in [0.05, 0.1) is 16.8 Å². The molecule has 1 aromatic heterocycles. The first-order valence-corrected chi connectivity index (χ1v) is 8.29. The second-order valence-corrected chi connectivity index (χ2v) is 6.48. The highest BCUT2D eigenvalue weighted by atomic mass is 79.9. The lowest BCUT2D eigenvalue weighted by molar-refractivity contribution is -0.113. The van der Waals surface area contributed by atoms with E-state index in [0.29, 0.717) is 22.5 Å². The summed E-state index contributed by atoms with van der Waals surface area (Å²) in [6.45, 7) is 0. The average molecular weight is 378 g/mol. The highest BCUT2D eigenvalue weighted by Crippen LogP contribution is 2.27. The normalized spacial score (nSPS) is 10.8. The molecule has 3 aromatic rings. The highest BCUT2D eigenvalue weighted by Gasteiger charge is 2.07. The van der Waals surface area contributed by atoms with Gasteiger partial charge in [-0.1, -0.05) is 12.1 Å². The number of halogens is 1. The van der Waals surface area contributed by atoms with Crippen molar-refractivity contribution in [1.82, 2.24) is 9.97 Å². The summed E-state index contributed by atoms with van der Waals surface area (Å²) in [5.74, 6) is 0.211. The summed E-state index contributed by atoms with van der Waals surface area (Å²) in [5.41, 5.74) is 1.77. The van der Waals surface area contributed by atoms with Gasteiger partial charge in [-0.2, -0.15) is 0 Å². The van der Waals surface area contributed by atoms with E-state index in [1.165, 1.54) is 11.8 Å². The van der Waals surface area contributed by atoms with Crippen LogP contribution in [0, 0.1) is 0 Å². The molecule has 0 saturated heterocycles. The summed E-state index contributed by atoms with van der Waals surface area (Å²) in [6.07, 6.45) is 0. The summed E-state index contributed by atoms with van der Waals surface area (Å²) in [4.78, 5) is 29.6. The molecule has 0 spiro atoms. The van der Waals surface area contributed by atoms with Crippen LogP contribution in [0.3, 0.4) is 0 Å². The Kier molecular flexibility index (Phi) is 4.35. The molecule has 0 atom stereocenters. The zero-order chi connectivity index (χ0) is 15.5. The Morgan fingerprint density at radius 3 is 2.73 bits per heavy atom. The lowest BCUT2D eigenvalue weighted by Crippen LogP contribution is -2.13. The number of nitrogens with one attached hydrogen (secondary N) is 3. The minimum Gasteiger partial charge on any atom is -0.325 e. The van der Waals surface area contributed by atoms with Crippen LogP contribution in [-0.2, 0) is 4.79 Å². The Morgan fingerprint density at radius 1 is 1.14 bits per heavy atom. The molecule has 0 aliphatic carbocycles. The van der Waals surface area contributed by atoms with Crippen molar-refractivity contribution in [3.8, 4) is 0 Å². The van der Waals surface area contributed by atoms with Crippen LogP contribution in [0.2, 0.25) is 0 Å². The van der Waals surface area contributed by atoms with Crippen molar-refractivity contribution < 1.29 is 4.79 Å². The SMILES string of the molecule is O=C(CSc1ccccc1Br)Nc1ccc2[nH]c(=O)[nH]c2c1. The Morgan fingerprint density at radius 2 is 1.91 bits per heavy atom. The molecule has 0 saturated carbocycles. The topological polar surface area (TPSA) is 77.8 Å². The molecule has 3 N–H and O–H groups in total. The van der Waals surface area contributed by atoms with Crippen LogP contribution >= 0.6 is 27.7 Å². The Bertz CT molecular complexity index is 888.